The van der Waals surface area contributed by atoms with Gasteiger partial charge < -0.3 is 18.3 Å². The van der Waals surface area contributed by atoms with Gasteiger partial charge in [-0.25, -0.2) is 4.85 Å². The number of para-hydroxylation sites is 1. The Morgan fingerprint density at radius 2 is 1.16 bits per heavy atom. The highest BCUT2D eigenvalue weighted by molar-refractivity contribution is 6.25. The highest BCUT2D eigenvalue weighted by Crippen LogP contribution is 2.55. The van der Waals surface area contributed by atoms with Gasteiger partial charge in [0.2, 0.25) is 5.69 Å². The summed E-state index contributed by atoms with van der Waals surface area (Å²) in [6.45, 7) is 9.63. The fraction of sp³-hybridized carbons (Fsp3) is 0.0294. The van der Waals surface area contributed by atoms with Gasteiger partial charge in [-0.15, -0.1) is 0 Å². The maximum absolute atomic E-state index is 12.5. The van der Waals surface area contributed by atoms with Crippen LogP contribution >= 0.6 is 0 Å². The van der Waals surface area contributed by atoms with Gasteiger partial charge in [0.15, 0.2) is 0 Å². The highest BCUT2D eigenvalue weighted by atomic mass is 16.5. The molecule has 0 spiro atoms. The Bertz CT molecular complexity index is 5240. The van der Waals surface area contributed by atoms with Gasteiger partial charge in [0, 0.05) is 50.2 Å². The zero-order valence-corrected chi connectivity index (χ0v) is 39.0. The molecule has 1 aliphatic carbocycles. The van der Waals surface area contributed by atoms with Crippen LogP contribution in [0.1, 0.15) is 31.3 Å². The van der Waals surface area contributed by atoms with Gasteiger partial charge in [0.25, 0.3) is 0 Å². The molecule has 0 saturated heterocycles. The molecule has 0 fully saturated rings. The molecular weight excluding hydrogens is 905 g/mol. The van der Waals surface area contributed by atoms with Crippen molar-refractivity contribution in [2.75, 3.05) is 0 Å². The van der Waals surface area contributed by atoms with Crippen molar-refractivity contribution in [2.24, 2.45) is 0 Å². The number of aromatic nitrogens is 2. The SMILES string of the molecule is [2H]c1c([2H])c([2H])c(-c2c([N+]#[C-])c(-n3c4ccc(-c5ccccc5)cc4c4c5oc6ccccc6c5ccc43)c(-c3c([2H])c([2H])c([2H])c([2H])c3[2H])c(C#N)c2-n2c3ccc(-c4ccccc4)cc3c3c4c(ccc32)C2=CC=CCC2O4)c([2H])c1[2H]. The number of nitrogens with zero attached hydrogens (tertiary/aromatic N) is 4. The van der Waals surface area contributed by atoms with Crippen molar-refractivity contribution in [1.29, 1.82) is 5.26 Å². The maximum atomic E-state index is 12.5. The minimum atomic E-state index is -0.705. The summed E-state index contributed by atoms with van der Waals surface area (Å²) in [7, 11) is 0. The fourth-order valence-electron chi connectivity index (χ4n) is 11.5. The lowest BCUT2D eigenvalue weighted by Crippen LogP contribution is -2.12. The van der Waals surface area contributed by atoms with Crippen molar-refractivity contribution in [3.05, 3.63) is 247 Å². The Hall–Kier alpha value is -10.1. The fourth-order valence-corrected chi connectivity index (χ4v) is 11.5. The normalized spacial score (nSPS) is 15.8. The van der Waals surface area contributed by atoms with E-state index in [-0.39, 0.29) is 39.9 Å². The van der Waals surface area contributed by atoms with Gasteiger partial charge in [0.1, 0.15) is 29.1 Å². The van der Waals surface area contributed by atoms with Crippen LogP contribution in [0.15, 0.2) is 229 Å². The minimum absolute atomic E-state index is 0.136. The molecule has 1 aliphatic heterocycles. The first-order chi connectivity index (χ1) is 40.8. The molecule has 0 saturated carbocycles. The molecule has 0 bridgehead atoms. The molecule has 0 N–H and O–H groups in total. The van der Waals surface area contributed by atoms with Crippen LogP contribution in [0.3, 0.4) is 0 Å². The Balaban J connectivity index is 1.21. The molecule has 15 rings (SSSR count). The summed E-state index contributed by atoms with van der Waals surface area (Å²) in [5, 5.41) is 16.6. The largest absolute Gasteiger partial charge is 0.484 e. The smallest absolute Gasteiger partial charge is 0.221 e. The molecule has 13 aromatic rings. The second-order valence-electron chi connectivity index (χ2n) is 18.4. The third kappa shape index (κ3) is 5.97. The maximum Gasteiger partial charge on any atom is 0.221 e. The lowest BCUT2D eigenvalue weighted by molar-refractivity contribution is 0.282. The van der Waals surface area contributed by atoms with E-state index in [1.165, 1.54) is 0 Å². The average Bonchev–Trinajstić information content (AvgIpc) is 1.47. The number of hydrogen-bond donors (Lipinski definition) is 0. The van der Waals surface area contributed by atoms with E-state index in [2.05, 4.69) is 10.9 Å². The second-order valence-corrected chi connectivity index (χ2v) is 18.4. The Morgan fingerprint density at radius 3 is 1.84 bits per heavy atom. The van der Waals surface area contributed by atoms with Crippen LogP contribution in [0.5, 0.6) is 5.75 Å². The quantitative estimate of drug-likeness (QED) is 0.156. The van der Waals surface area contributed by atoms with E-state index in [4.69, 9.17) is 11.9 Å². The van der Waals surface area contributed by atoms with Crippen LogP contribution in [-0.4, -0.2) is 15.2 Å². The summed E-state index contributed by atoms with van der Waals surface area (Å²) in [4.78, 5) is 4.37. The summed E-state index contributed by atoms with van der Waals surface area (Å²) < 4.78 is 111. The van der Waals surface area contributed by atoms with Crippen LogP contribution in [0, 0.1) is 17.9 Å². The van der Waals surface area contributed by atoms with Gasteiger partial charge >= 0.3 is 0 Å². The van der Waals surface area contributed by atoms with Crippen LogP contribution in [-0.2, 0) is 0 Å². The molecule has 3 aromatic heterocycles. The number of nitriles is 1. The molecule has 4 heterocycles. The number of furan rings is 1. The number of fused-ring (bicyclic) bond motifs is 14. The predicted molar refractivity (Wildman–Crippen MR) is 301 cm³/mol. The molecule has 344 valence electrons. The van der Waals surface area contributed by atoms with Gasteiger partial charge in [-0.2, -0.15) is 5.26 Å². The van der Waals surface area contributed by atoms with Gasteiger partial charge in [-0.3, -0.25) is 0 Å². The van der Waals surface area contributed by atoms with E-state index in [0.717, 1.165) is 44.2 Å². The number of ether oxygens (including phenoxy) is 1. The van der Waals surface area contributed by atoms with Gasteiger partial charge in [-0.05, 0) is 88.0 Å². The first-order valence-corrected chi connectivity index (χ1v) is 24.1. The summed E-state index contributed by atoms with van der Waals surface area (Å²) in [5.41, 5.74) is 5.87. The average molecular weight is 955 g/mol. The van der Waals surface area contributed by atoms with Crippen molar-refractivity contribution >= 4 is 76.8 Å². The summed E-state index contributed by atoms with van der Waals surface area (Å²) >= 11 is 0. The third-order valence-electron chi connectivity index (χ3n) is 14.6. The van der Waals surface area contributed by atoms with Gasteiger partial charge in [-0.1, -0.05) is 170 Å². The lowest BCUT2D eigenvalue weighted by atomic mass is 9.88. The van der Waals surface area contributed by atoms with E-state index < -0.39 is 71.6 Å². The summed E-state index contributed by atoms with van der Waals surface area (Å²) in [6.07, 6.45) is 6.33. The minimum Gasteiger partial charge on any atom is -0.484 e. The van der Waals surface area contributed by atoms with Crippen LogP contribution in [0.25, 0.3) is 132 Å². The summed E-state index contributed by atoms with van der Waals surface area (Å²) in [5.74, 6) is 0.550. The first kappa shape index (κ1) is 32.7. The zero-order valence-electron chi connectivity index (χ0n) is 49.0. The van der Waals surface area contributed by atoms with Crippen molar-refractivity contribution in [3.8, 4) is 67.7 Å². The van der Waals surface area contributed by atoms with E-state index in [9.17, 15) is 22.8 Å². The molecule has 1 atom stereocenters. The predicted octanol–water partition coefficient (Wildman–Crippen LogP) is 18.0. The monoisotopic (exact) mass is 954 g/mol. The lowest BCUT2D eigenvalue weighted by Gasteiger charge is -2.25. The molecule has 1 unspecified atom stereocenters. The molecule has 0 radical (unpaired) electrons. The van der Waals surface area contributed by atoms with E-state index >= 15 is 0 Å². The zero-order chi connectivity index (χ0) is 57.7. The number of benzene rings is 10. The van der Waals surface area contributed by atoms with Crippen LogP contribution in [0.2, 0.25) is 0 Å². The number of hydrogen-bond acceptors (Lipinski definition) is 3. The standard InChI is InChI=1S/C68H40N4O2/c1-70-64-61(44-24-12-5-13-25-44)65(71-54-34-30-45(41-18-6-2-7-19-41)38-51(54)62-56(71)36-32-49-47-26-14-16-28-58(47)73-67(49)62)53(40-69)60(43-22-10-4-11-23-43)66(64)72-55-35-31-46(42-20-8-3-9-21-42)39-52(55)63-57(72)37-33-50-48-27-15-17-29-59(48)74-68(50)63/h2-27,29-39,58H,28H2/i4D,5D,10D,11D,12D,13D,22D,23D,24D,25D. The van der Waals surface area contributed by atoms with Crippen molar-refractivity contribution in [2.45, 2.75) is 12.5 Å². The highest BCUT2D eigenvalue weighted by Gasteiger charge is 2.36. The molecular formula is C68H40N4O2. The summed E-state index contributed by atoms with van der Waals surface area (Å²) in [6, 6.07) is 41.8. The molecule has 2 aliphatic rings. The van der Waals surface area contributed by atoms with Crippen LogP contribution in [0.4, 0.5) is 5.69 Å². The number of allylic oxidation sites excluding steroid dienone is 2. The van der Waals surface area contributed by atoms with E-state index in [1.54, 1.807) is 9.13 Å². The second kappa shape index (κ2) is 16.2. The van der Waals surface area contributed by atoms with Crippen molar-refractivity contribution in [1.82, 2.24) is 9.13 Å². The topological polar surface area (TPSA) is 60.4 Å². The first-order valence-electron chi connectivity index (χ1n) is 29.1. The molecule has 6 heteroatoms. The van der Waals surface area contributed by atoms with Crippen molar-refractivity contribution < 1.29 is 22.9 Å². The van der Waals surface area contributed by atoms with E-state index in [0.29, 0.717) is 66.9 Å². The molecule has 74 heavy (non-hydrogen) atoms. The van der Waals surface area contributed by atoms with E-state index in [1.807, 2.05) is 164 Å². The molecule has 10 aromatic carbocycles. The van der Waals surface area contributed by atoms with Crippen molar-refractivity contribution in [3.63, 3.8) is 0 Å². The number of rotatable bonds is 6. The molecule has 0 amide bonds. The third-order valence-corrected chi connectivity index (χ3v) is 14.6. The molecule has 6 nitrogen and oxygen atoms in total. The Kier molecular flexibility index (Phi) is 7.16. The van der Waals surface area contributed by atoms with Crippen LogP contribution < -0.4 is 4.74 Å². The van der Waals surface area contributed by atoms with Gasteiger partial charge in [0.05, 0.1) is 70.1 Å². The Labute approximate surface area is 439 Å². The Morgan fingerprint density at radius 1 is 0.568 bits per heavy atom.